The van der Waals surface area contributed by atoms with Gasteiger partial charge in [0.2, 0.25) is 0 Å². The average molecular weight is 457 g/mol. The molecule has 0 aliphatic carbocycles. The molecule has 0 saturated heterocycles. The fourth-order valence-corrected chi connectivity index (χ4v) is 4.38. The molecule has 0 aromatic heterocycles. The Morgan fingerprint density at radius 2 is 1.50 bits per heavy atom. The summed E-state index contributed by atoms with van der Waals surface area (Å²) in [6, 6.07) is 12.5. The van der Waals surface area contributed by atoms with Gasteiger partial charge in [0, 0.05) is 23.8 Å². The van der Waals surface area contributed by atoms with Crippen molar-refractivity contribution in [2.75, 3.05) is 11.9 Å². The fourth-order valence-electron chi connectivity index (χ4n) is 4.05. The minimum absolute atomic E-state index is 0.0483. The molecule has 2 aromatic rings. The van der Waals surface area contributed by atoms with Crippen molar-refractivity contribution >= 4 is 23.3 Å². The molecular weight excluding hydrogens is 416 g/mol. The first-order valence-corrected chi connectivity index (χ1v) is 12.4. The van der Waals surface area contributed by atoms with Crippen molar-refractivity contribution in [3.8, 4) is 0 Å². The Morgan fingerprint density at radius 3 is 2.06 bits per heavy atom. The molecule has 2 aromatic carbocycles. The average Bonchev–Trinajstić information content (AvgIpc) is 2.69. The molecule has 32 heavy (non-hydrogen) atoms. The Morgan fingerprint density at radius 1 is 0.938 bits per heavy atom. The molecule has 0 aliphatic rings. The van der Waals surface area contributed by atoms with Crippen LogP contribution < -0.4 is 5.32 Å². The lowest BCUT2D eigenvalue weighted by Crippen LogP contribution is -2.35. The quantitative estimate of drug-likeness (QED) is 0.357. The van der Waals surface area contributed by atoms with Crippen LogP contribution in [0.3, 0.4) is 0 Å². The van der Waals surface area contributed by atoms with Crippen LogP contribution in [0.25, 0.3) is 0 Å². The molecule has 0 unspecified atom stereocenters. The van der Waals surface area contributed by atoms with Gasteiger partial charge < -0.3 is 10.2 Å². The Labute approximate surface area is 200 Å². The molecule has 4 heteroatoms. The molecule has 0 spiro atoms. The summed E-state index contributed by atoms with van der Waals surface area (Å²) in [4.78, 5) is 15.2. The number of nitrogens with one attached hydrogen (secondary N) is 1. The van der Waals surface area contributed by atoms with Crippen molar-refractivity contribution in [2.45, 2.75) is 86.6 Å². The van der Waals surface area contributed by atoms with Gasteiger partial charge in [-0.2, -0.15) is 0 Å². The molecule has 0 fully saturated rings. The van der Waals surface area contributed by atoms with E-state index in [2.05, 4.69) is 57.3 Å². The highest BCUT2D eigenvalue weighted by Crippen LogP contribution is 2.26. The zero-order chi connectivity index (χ0) is 23.7. The Balaban J connectivity index is 2.12. The molecule has 2 rings (SSSR count). The third kappa shape index (κ3) is 8.86. The lowest BCUT2D eigenvalue weighted by Gasteiger charge is -2.25. The van der Waals surface area contributed by atoms with Crippen molar-refractivity contribution in [1.82, 2.24) is 4.90 Å². The van der Waals surface area contributed by atoms with E-state index < -0.39 is 0 Å². The predicted molar refractivity (Wildman–Crippen MR) is 139 cm³/mol. The van der Waals surface area contributed by atoms with Gasteiger partial charge in [-0.05, 0) is 66.5 Å². The maximum atomic E-state index is 13.3. The summed E-state index contributed by atoms with van der Waals surface area (Å²) < 4.78 is 0. The summed E-state index contributed by atoms with van der Waals surface area (Å²) in [5.41, 5.74) is 5.59. The van der Waals surface area contributed by atoms with E-state index >= 15 is 0 Å². The van der Waals surface area contributed by atoms with Gasteiger partial charge in [0.1, 0.15) is 0 Å². The highest BCUT2D eigenvalue weighted by molar-refractivity contribution is 6.30. The molecule has 0 radical (unpaired) electrons. The number of rotatable bonds is 10. The lowest BCUT2D eigenvalue weighted by atomic mass is 9.88. The highest BCUT2D eigenvalue weighted by Gasteiger charge is 2.17. The van der Waals surface area contributed by atoms with Crippen molar-refractivity contribution < 1.29 is 4.79 Å². The van der Waals surface area contributed by atoms with Gasteiger partial charge in [-0.25, -0.2) is 4.79 Å². The predicted octanol–water partition coefficient (Wildman–Crippen LogP) is 8.55. The zero-order valence-electron chi connectivity index (χ0n) is 20.9. The number of halogens is 1. The van der Waals surface area contributed by atoms with Crippen LogP contribution in [0.5, 0.6) is 0 Å². The first-order chi connectivity index (χ1) is 15.1. The second-order valence-electron chi connectivity index (χ2n) is 10.2. The van der Waals surface area contributed by atoms with Crippen LogP contribution in [-0.4, -0.2) is 17.5 Å². The minimum atomic E-state index is -0.0483. The van der Waals surface area contributed by atoms with E-state index in [1.165, 1.54) is 24.8 Å². The number of urea groups is 1. The van der Waals surface area contributed by atoms with Gasteiger partial charge in [-0.1, -0.05) is 89.2 Å². The topological polar surface area (TPSA) is 32.3 Å². The van der Waals surface area contributed by atoms with E-state index in [0.29, 0.717) is 11.6 Å². The van der Waals surface area contributed by atoms with Gasteiger partial charge >= 0.3 is 6.03 Å². The number of anilines is 1. The van der Waals surface area contributed by atoms with Crippen molar-refractivity contribution in [3.63, 3.8) is 0 Å². The molecule has 2 amide bonds. The molecule has 3 nitrogen and oxygen atoms in total. The second kappa shape index (κ2) is 12.3. The maximum absolute atomic E-state index is 13.3. The summed E-state index contributed by atoms with van der Waals surface area (Å²) in [5, 5.41) is 3.84. The Bertz CT molecular complexity index is 845. The van der Waals surface area contributed by atoms with Crippen LogP contribution in [0, 0.1) is 19.3 Å². The van der Waals surface area contributed by atoms with Crippen LogP contribution in [0.15, 0.2) is 36.4 Å². The molecule has 0 heterocycles. The van der Waals surface area contributed by atoms with Crippen molar-refractivity contribution in [1.29, 1.82) is 0 Å². The normalized spacial score (nSPS) is 11.5. The van der Waals surface area contributed by atoms with Crippen LogP contribution >= 0.6 is 11.6 Å². The van der Waals surface area contributed by atoms with Gasteiger partial charge in [0.15, 0.2) is 0 Å². The molecule has 0 aliphatic heterocycles. The first-order valence-electron chi connectivity index (χ1n) is 12.0. The molecular formula is C28H41ClN2O. The number of carbonyl (C=O) groups is 1. The standard InChI is InChI=1S/C28H41ClN2O/c1-7-8-9-10-11-16-31(20-24-14-12-23(13-15-24)19-28(4,5)6)27(32)30-26-21(2)17-25(29)18-22(26)3/h12-15,17-18H,7-11,16,19-20H2,1-6H3,(H,30,32). The molecule has 0 atom stereocenters. The third-order valence-corrected chi connectivity index (χ3v) is 5.90. The largest absolute Gasteiger partial charge is 0.322 e. The zero-order valence-corrected chi connectivity index (χ0v) is 21.6. The second-order valence-corrected chi connectivity index (χ2v) is 10.7. The summed E-state index contributed by atoms with van der Waals surface area (Å²) in [6.45, 7) is 14.3. The molecule has 176 valence electrons. The van der Waals surface area contributed by atoms with E-state index in [0.717, 1.165) is 48.2 Å². The van der Waals surface area contributed by atoms with E-state index in [-0.39, 0.29) is 11.4 Å². The Kier molecular flexibility index (Phi) is 10.1. The smallest absolute Gasteiger partial charge is 0.320 e. The Hall–Kier alpha value is -2.00. The number of carbonyl (C=O) groups excluding carboxylic acids is 1. The summed E-state index contributed by atoms with van der Waals surface area (Å²) in [5.74, 6) is 0. The first kappa shape index (κ1) is 26.3. The van der Waals surface area contributed by atoms with Crippen LogP contribution in [0.2, 0.25) is 5.02 Å². The monoisotopic (exact) mass is 456 g/mol. The van der Waals surface area contributed by atoms with E-state index in [9.17, 15) is 4.79 Å². The maximum Gasteiger partial charge on any atom is 0.322 e. The van der Waals surface area contributed by atoms with Crippen molar-refractivity contribution in [3.05, 3.63) is 63.7 Å². The van der Waals surface area contributed by atoms with E-state index in [1.807, 2.05) is 30.9 Å². The molecule has 0 saturated carbocycles. The lowest BCUT2D eigenvalue weighted by molar-refractivity contribution is 0.207. The SMILES string of the molecule is CCCCCCCN(Cc1ccc(CC(C)(C)C)cc1)C(=O)Nc1c(C)cc(Cl)cc1C. The fraction of sp³-hybridized carbons (Fsp3) is 0.536. The van der Waals surface area contributed by atoms with Crippen molar-refractivity contribution in [2.24, 2.45) is 5.41 Å². The number of aryl methyl sites for hydroxylation is 2. The number of amides is 2. The van der Waals surface area contributed by atoms with E-state index in [1.54, 1.807) is 0 Å². The minimum Gasteiger partial charge on any atom is -0.320 e. The number of unbranched alkanes of at least 4 members (excludes halogenated alkanes) is 4. The van der Waals surface area contributed by atoms with Crippen LogP contribution in [-0.2, 0) is 13.0 Å². The molecule has 0 bridgehead atoms. The van der Waals surface area contributed by atoms with Gasteiger partial charge in [0.25, 0.3) is 0 Å². The summed E-state index contributed by atoms with van der Waals surface area (Å²) >= 11 is 6.17. The highest BCUT2D eigenvalue weighted by atomic mass is 35.5. The van der Waals surface area contributed by atoms with Crippen LogP contribution in [0.4, 0.5) is 10.5 Å². The molecule has 1 N–H and O–H groups in total. The van der Waals surface area contributed by atoms with Gasteiger partial charge in [0.05, 0.1) is 0 Å². The number of hydrogen-bond donors (Lipinski definition) is 1. The van der Waals surface area contributed by atoms with Gasteiger partial charge in [-0.3, -0.25) is 0 Å². The van der Waals surface area contributed by atoms with Crippen LogP contribution in [0.1, 0.15) is 82.1 Å². The number of hydrogen-bond acceptors (Lipinski definition) is 1. The summed E-state index contributed by atoms with van der Waals surface area (Å²) in [7, 11) is 0. The number of benzene rings is 2. The van der Waals surface area contributed by atoms with Gasteiger partial charge in [-0.15, -0.1) is 0 Å². The third-order valence-electron chi connectivity index (χ3n) is 5.68. The van der Waals surface area contributed by atoms with E-state index in [4.69, 9.17) is 11.6 Å². The number of nitrogens with zero attached hydrogens (tertiary/aromatic N) is 1. The summed E-state index contributed by atoms with van der Waals surface area (Å²) in [6.07, 6.45) is 6.92.